The van der Waals surface area contributed by atoms with Gasteiger partial charge in [-0.25, -0.2) is 0 Å². The van der Waals surface area contributed by atoms with Crippen molar-refractivity contribution in [2.75, 3.05) is 11.4 Å². The molecule has 1 N–H and O–H groups in total. The Hall–Kier alpha value is -1.88. The molecule has 5 heteroatoms. The second-order valence-corrected chi connectivity index (χ2v) is 6.17. The minimum absolute atomic E-state index is 0.0234. The first-order valence-corrected chi connectivity index (χ1v) is 7.30. The molecule has 0 amide bonds. The molecule has 0 atom stereocenters. The third kappa shape index (κ3) is 4.29. The maximum atomic E-state index is 5.77. The molecule has 0 bridgehead atoms. The van der Waals surface area contributed by atoms with Gasteiger partial charge in [0.2, 0.25) is 5.89 Å². The van der Waals surface area contributed by atoms with Crippen molar-refractivity contribution >= 4 is 11.7 Å². The summed E-state index contributed by atoms with van der Waals surface area (Å²) in [7, 11) is 0. The largest absolute Gasteiger partial charge is 0.406 e. The predicted octanol–water partition coefficient (Wildman–Crippen LogP) is 3.42. The number of anilines is 2. The average Bonchev–Trinajstić information content (AvgIpc) is 2.85. The lowest BCUT2D eigenvalue weighted by atomic mass is 10.1. The smallest absolute Gasteiger partial charge is 0.322 e. The van der Waals surface area contributed by atoms with Crippen molar-refractivity contribution in [2.24, 2.45) is 0 Å². The van der Waals surface area contributed by atoms with Gasteiger partial charge in [0.25, 0.3) is 0 Å². The lowest BCUT2D eigenvalue weighted by molar-refractivity contribution is 0.382. The minimum Gasteiger partial charge on any atom is -0.406 e. The zero-order chi connectivity index (χ0) is 15.5. The van der Waals surface area contributed by atoms with Crippen LogP contribution in [0.1, 0.15) is 39.1 Å². The lowest BCUT2D eigenvalue weighted by Crippen LogP contribution is -2.35. The van der Waals surface area contributed by atoms with Crippen LogP contribution in [0, 0.1) is 6.92 Å². The molecule has 5 nitrogen and oxygen atoms in total. The van der Waals surface area contributed by atoms with Crippen LogP contribution in [0.2, 0.25) is 0 Å². The first-order valence-electron chi connectivity index (χ1n) is 7.30. The Labute approximate surface area is 126 Å². The van der Waals surface area contributed by atoms with Crippen LogP contribution in [-0.2, 0) is 6.54 Å². The summed E-state index contributed by atoms with van der Waals surface area (Å²) in [6, 6.07) is 8.80. The van der Waals surface area contributed by atoms with E-state index in [2.05, 4.69) is 62.3 Å². The molecule has 0 saturated heterocycles. The van der Waals surface area contributed by atoms with Crippen LogP contribution in [0.25, 0.3) is 0 Å². The highest BCUT2D eigenvalue weighted by Gasteiger charge is 2.16. The number of hydrogen-bond donors (Lipinski definition) is 1. The van der Waals surface area contributed by atoms with E-state index in [1.54, 1.807) is 0 Å². The summed E-state index contributed by atoms with van der Waals surface area (Å²) >= 11 is 0. The van der Waals surface area contributed by atoms with Gasteiger partial charge in [0, 0.05) is 17.8 Å². The van der Waals surface area contributed by atoms with Crippen LogP contribution in [-0.4, -0.2) is 22.3 Å². The van der Waals surface area contributed by atoms with Crippen LogP contribution in [0.15, 0.2) is 28.7 Å². The summed E-state index contributed by atoms with van der Waals surface area (Å²) in [6.07, 6.45) is 0. The summed E-state index contributed by atoms with van der Waals surface area (Å²) in [6.45, 7) is 11.8. The van der Waals surface area contributed by atoms with Crippen molar-refractivity contribution in [1.29, 1.82) is 0 Å². The van der Waals surface area contributed by atoms with Gasteiger partial charge in [-0.3, -0.25) is 4.90 Å². The van der Waals surface area contributed by atoms with Gasteiger partial charge >= 0.3 is 6.01 Å². The van der Waals surface area contributed by atoms with Gasteiger partial charge in [0.05, 0.1) is 6.54 Å². The Morgan fingerprint density at radius 2 is 2.00 bits per heavy atom. The molecule has 0 aliphatic heterocycles. The molecule has 1 aromatic carbocycles. The SMILES string of the molecule is CCN(c1cccc(C)c1)c1nnc(CNC(C)(C)C)o1. The predicted molar refractivity (Wildman–Crippen MR) is 84.7 cm³/mol. The molecule has 0 unspecified atom stereocenters. The van der Waals surface area contributed by atoms with Crippen molar-refractivity contribution in [3.05, 3.63) is 35.7 Å². The van der Waals surface area contributed by atoms with Gasteiger partial charge < -0.3 is 9.73 Å². The molecule has 0 aliphatic rings. The summed E-state index contributed by atoms with van der Waals surface area (Å²) < 4.78 is 5.77. The Balaban J connectivity index is 2.14. The number of aryl methyl sites for hydroxylation is 1. The number of nitrogens with one attached hydrogen (secondary N) is 1. The summed E-state index contributed by atoms with van der Waals surface area (Å²) in [5.41, 5.74) is 2.30. The number of rotatable bonds is 5. The fraction of sp³-hybridized carbons (Fsp3) is 0.500. The topological polar surface area (TPSA) is 54.2 Å². The summed E-state index contributed by atoms with van der Waals surface area (Å²) in [4.78, 5) is 2.01. The molecule has 0 fully saturated rings. The summed E-state index contributed by atoms with van der Waals surface area (Å²) in [5.74, 6) is 0.603. The van der Waals surface area contributed by atoms with Gasteiger partial charge in [-0.2, -0.15) is 0 Å². The molecular weight excluding hydrogens is 264 g/mol. The van der Waals surface area contributed by atoms with Crippen molar-refractivity contribution < 1.29 is 4.42 Å². The standard InChI is InChI=1S/C16H24N4O/c1-6-20(13-9-7-8-12(2)10-13)15-19-18-14(21-15)11-17-16(3,4)5/h7-10,17H,6,11H2,1-5H3. The van der Waals surface area contributed by atoms with Crippen molar-refractivity contribution in [3.63, 3.8) is 0 Å². The molecule has 1 aromatic heterocycles. The lowest BCUT2D eigenvalue weighted by Gasteiger charge is -2.19. The van der Waals surface area contributed by atoms with E-state index >= 15 is 0 Å². The summed E-state index contributed by atoms with van der Waals surface area (Å²) in [5, 5.41) is 11.6. The highest BCUT2D eigenvalue weighted by Crippen LogP contribution is 2.24. The van der Waals surface area contributed by atoms with Gasteiger partial charge in [0.1, 0.15) is 0 Å². The quantitative estimate of drug-likeness (QED) is 0.913. The number of hydrogen-bond acceptors (Lipinski definition) is 5. The maximum absolute atomic E-state index is 5.77. The molecule has 0 aliphatic carbocycles. The van der Waals surface area contributed by atoms with E-state index < -0.39 is 0 Å². The molecule has 0 spiro atoms. The van der Waals surface area contributed by atoms with E-state index in [1.807, 2.05) is 17.0 Å². The monoisotopic (exact) mass is 288 g/mol. The Kier molecular flexibility index (Phi) is 4.63. The highest BCUT2D eigenvalue weighted by atomic mass is 16.4. The third-order valence-corrected chi connectivity index (χ3v) is 3.09. The molecule has 114 valence electrons. The van der Waals surface area contributed by atoms with Crippen LogP contribution >= 0.6 is 0 Å². The van der Waals surface area contributed by atoms with Gasteiger partial charge in [0.15, 0.2) is 0 Å². The zero-order valence-electron chi connectivity index (χ0n) is 13.5. The fourth-order valence-corrected chi connectivity index (χ4v) is 1.99. The van der Waals surface area contributed by atoms with Crippen LogP contribution in [0.3, 0.4) is 0 Å². The molecule has 2 aromatic rings. The molecular formula is C16H24N4O. The van der Waals surface area contributed by atoms with Crippen LogP contribution in [0.5, 0.6) is 0 Å². The Bertz CT molecular complexity index is 586. The zero-order valence-corrected chi connectivity index (χ0v) is 13.5. The van der Waals surface area contributed by atoms with Gasteiger partial charge in [-0.15, -0.1) is 5.10 Å². The van der Waals surface area contributed by atoms with Crippen molar-refractivity contribution in [2.45, 2.75) is 46.7 Å². The first kappa shape index (κ1) is 15.5. The van der Waals surface area contributed by atoms with Gasteiger partial charge in [-0.05, 0) is 52.3 Å². The van der Waals surface area contributed by atoms with Crippen molar-refractivity contribution in [1.82, 2.24) is 15.5 Å². The normalized spacial score (nSPS) is 11.7. The van der Waals surface area contributed by atoms with Gasteiger partial charge in [-0.1, -0.05) is 17.2 Å². The second-order valence-electron chi connectivity index (χ2n) is 6.17. The molecule has 1 heterocycles. The molecule has 0 radical (unpaired) electrons. The number of nitrogens with zero attached hydrogens (tertiary/aromatic N) is 3. The van der Waals surface area contributed by atoms with E-state index in [-0.39, 0.29) is 5.54 Å². The fourth-order valence-electron chi connectivity index (χ4n) is 1.99. The average molecular weight is 288 g/mol. The number of benzene rings is 1. The van der Waals surface area contributed by atoms with E-state index in [9.17, 15) is 0 Å². The molecule has 0 saturated carbocycles. The first-order chi connectivity index (χ1) is 9.89. The molecule has 21 heavy (non-hydrogen) atoms. The van der Waals surface area contributed by atoms with E-state index in [1.165, 1.54) is 5.56 Å². The Morgan fingerprint density at radius 3 is 2.62 bits per heavy atom. The molecule has 2 rings (SSSR count). The maximum Gasteiger partial charge on any atom is 0.322 e. The highest BCUT2D eigenvalue weighted by molar-refractivity contribution is 5.56. The van der Waals surface area contributed by atoms with E-state index in [4.69, 9.17) is 4.42 Å². The van der Waals surface area contributed by atoms with Crippen LogP contribution in [0.4, 0.5) is 11.7 Å². The minimum atomic E-state index is 0.0234. The van der Waals surface area contributed by atoms with Crippen molar-refractivity contribution in [3.8, 4) is 0 Å². The Morgan fingerprint density at radius 1 is 1.24 bits per heavy atom. The van der Waals surface area contributed by atoms with Crippen LogP contribution < -0.4 is 10.2 Å². The third-order valence-electron chi connectivity index (χ3n) is 3.09. The second kappa shape index (κ2) is 6.26. The number of aromatic nitrogens is 2. The van der Waals surface area contributed by atoms with E-state index in [0.717, 1.165) is 12.2 Å². The van der Waals surface area contributed by atoms with E-state index in [0.29, 0.717) is 18.5 Å².